The first-order chi connectivity index (χ1) is 7.10. The van der Waals surface area contributed by atoms with Crippen LogP contribution in [0.25, 0.3) is 0 Å². The van der Waals surface area contributed by atoms with Crippen molar-refractivity contribution in [3.63, 3.8) is 0 Å². The van der Waals surface area contributed by atoms with Crippen LogP contribution in [-0.4, -0.2) is 30.0 Å². The molecule has 80 valence electrons. The summed E-state index contributed by atoms with van der Waals surface area (Å²) in [7, 11) is 2.70. The molecule has 7 nitrogen and oxygen atoms in total. The molecule has 0 spiro atoms. The summed E-state index contributed by atoms with van der Waals surface area (Å²) in [4.78, 5) is 24.8. The number of methoxy groups -OCH3 is 1. The van der Waals surface area contributed by atoms with Crippen LogP contribution in [0.4, 0.5) is 11.5 Å². The Labute approximate surface area is 85.2 Å². The molecule has 7 heteroatoms. The first kappa shape index (κ1) is 10.9. The first-order valence-corrected chi connectivity index (χ1v) is 4.00. The van der Waals surface area contributed by atoms with E-state index in [0.29, 0.717) is 0 Å². The molecular formula is C8H9N3O4. The fourth-order valence-electron chi connectivity index (χ4n) is 1.01. The number of nitrogens with zero attached hydrogens (tertiary/aromatic N) is 2. The number of hydrogen-bond donors (Lipinski definition) is 1. The maximum absolute atomic E-state index is 11.1. The van der Waals surface area contributed by atoms with Gasteiger partial charge in [-0.3, -0.25) is 10.1 Å². The normalized spacial score (nSPS) is 9.47. The van der Waals surface area contributed by atoms with E-state index in [2.05, 4.69) is 15.0 Å². The minimum absolute atomic E-state index is 0.0446. The minimum Gasteiger partial charge on any atom is -0.465 e. The topological polar surface area (TPSA) is 94.4 Å². The molecule has 0 aliphatic heterocycles. The van der Waals surface area contributed by atoms with Gasteiger partial charge in [0.15, 0.2) is 0 Å². The summed E-state index contributed by atoms with van der Waals surface area (Å²) in [6.07, 6.45) is 1.21. The Kier molecular flexibility index (Phi) is 3.17. The highest BCUT2D eigenvalue weighted by molar-refractivity contribution is 5.90. The monoisotopic (exact) mass is 211 g/mol. The molecule has 0 radical (unpaired) electrons. The Balaban J connectivity index is 3.22. The Morgan fingerprint density at radius 2 is 2.33 bits per heavy atom. The van der Waals surface area contributed by atoms with E-state index in [9.17, 15) is 14.9 Å². The average molecular weight is 211 g/mol. The second-order valence-corrected chi connectivity index (χ2v) is 2.59. The summed E-state index contributed by atoms with van der Waals surface area (Å²) in [5, 5.41) is 13.2. The van der Waals surface area contributed by atoms with Crippen LogP contribution in [0.2, 0.25) is 0 Å². The number of hydrogen-bond acceptors (Lipinski definition) is 6. The van der Waals surface area contributed by atoms with Crippen LogP contribution in [0.5, 0.6) is 0 Å². The zero-order valence-corrected chi connectivity index (χ0v) is 8.18. The minimum atomic E-state index is -0.659. The van der Waals surface area contributed by atoms with Crippen molar-refractivity contribution in [1.29, 1.82) is 0 Å². The molecule has 0 aromatic carbocycles. The number of aromatic nitrogens is 1. The van der Waals surface area contributed by atoms with Gasteiger partial charge in [-0.25, -0.2) is 9.78 Å². The summed E-state index contributed by atoms with van der Waals surface area (Å²) in [5.74, 6) is -0.555. The number of pyridine rings is 1. The predicted molar refractivity (Wildman–Crippen MR) is 51.8 cm³/mol. The molecule has 0 atom stereocenters. The Morgan fingerprint density at radius 3 is 2.80 bits per heavy atom. The zero-order chi connectivity index (χ0) is 11.4. The Hall–Kier alpha value is -2.18. The predicted octanol–water partition coefficient (Wildman–Crippen LogP) is 0.818. The molecule has 0 unspecified atom stereocenters. The maximum atomic E-state index is 11.1. The van der Waals surface area contributed by atoms with Crippen molar-refractivity contribution in [3.05, 3.63) is 27.9 Å². The lowest BCUT2D eigenvalue weighted by molar-refractivity contribution is -0.384. The van der Waals surface area contributed by atoms with E-state index in [1.54, 1.807) is 0 Å². The van der Waals surface area contributed by atoms with Crippen molar-refractivity contribution >= 4 is 17.5 Å². The molecule has 15 heavy (non-hydrogen) atoms. The number of esters is 1. The lowest BCUT2D eigenvalue weighted by atomic mass is 10.2. The fourth-order valence-corrected chi connectivity index (χ4v) is 1.01. The number of carbonyl (C=O) groups is 1. The summed E-state index contributed by atoms with van der Waals surface area (Å²) in [5.41, 5.74) is -0.219. The Bertz CT molecular complexity index is 405. The van der Waals surface area contributed by atoms with Crippen LogP contribution in [-0.2, 0) is 4.74 Å². The van der Waals surface area contributed by atoms with E-state index in [1.807, 2.05) is 0 Å². The van der Waals surface area contributed by atoms with Gasteiger partial charge in [-0.2, -0.15) is 0 Å². The van der Waals surface area contributed by atoms with Crippen molar-refractivity contribution in [3.8, 4) is 0 Å². The molecular weight excluding hydrogens is 202 g/mol. The molecule has 1 aromatic heterocycles. The number of anilines is 1. The average Bonchev–Trinajstić information content (AvgIpc) is 2.27. The largest absolute Gasteiger partial charge is 0.465 e. The van der Waals surface area contributed by atoms with E-state index in [4.69, 9.17) is 0 Å². The summed E-state index contributed by atoms with van der Waals surface area (Å²) in [6.45, 7) is 0. The first-order valence-electron chi connectivity index (χ1n) is 4.00. The van der Waals surface area contributed by atoms with Crippen LogP contribution >= 0.6 is 0 Å². The number of carbonyl (C=O) groups excluding carboxylic acids is 1. The molecule has 0 saturated carbocycles. The van der Waals surface area contributed by atoms with Crippen LogP contribution < -0.4 is 5.32 Å². The van der Waals surface area contributed by atoms with Gasteiger partial charge in [0.05, 0.1) is 17.6 Å². The summed E-state index contributed by atoms with van der Waals surface area (Å²) >= 11 is 0. The van der Waals surface area contributed by atoms with Gasteiger partial charge >= 0.3 is 11.7 Å². The molecule has 1 N–H and O–H groups in total. The van der Waals surface area contributed by atoms with E-state index < -0.39 is 10.9 Å². The van der Waals surface area contributed by atoms with E-state index in [-0.39, 0.29) is 17.1 Å². The van der Waals surface area contributed by atoms with Gasteiger partial charge in [-0.05, 0) is 0 Å². The van der Waals surface area contributed by atoms with Gasteiger partial charge < -0.3 is 10.1 Å². The summed E-state index contributed by atoms with van der Waals surface area (Å²) < 4.78 is 4.42. The van der Waals surface area contributed by atoms with Crippen molar-refractivity contribution in [1.82, 2.24) is 4.98 Å². The third-order valence-electron chi connectivity index (χ3n) is 1.72. The molecule has 0 fully saturated rings. The van der Waals surface area contributed by atoms with Gasteiger partial charge in [0.1, 0.15) is 0 Å². The SMILES string of the molecule is CNc1ncc(C(=O)OC)cc1[N+](=O)[O-]. The van der Waals surface area contributed by atoms with Crippen molar-refractivity contribution in [2.45, 2.75) is 0 Å². The van der Waals surface area contributed by atoms with E-state index in [1.165, 1.54) is 20.4 Å². The second-order valence-electron chi connectivity index (χ2n) is 2.59. The standard InChI is InChI=1S/C8H9N3O4/c1-9-7-6(11(13)14)3-5(4-10-7)8(12)15-2/h3-4H,1-2H3,(H,9,10). The van der Waals surface area contributed by atoms with Gasteiger partial charge in [-0.1, -0.05) is 0 Å². The highest BCUT2D eigenvalue weighted by Gasteiger charge is 2.18. The highest BCUT2D eigenvalue weighted by atomic mass is 16.6. The van der Waals surface area contributed by atoms with Crippen LogP contribution in [0.1, 0.15) is 10.4 Å². The van der Waals surface area contributed by atoms with Gasteiger partial charge in [-0.15, -0.1) is 0 Å². The lowest BCUT2D eigenvalue weighted by Gasteiger charge is -2.02. The quantitative estimate of drug-likeness (QED) is 0.451. The van der Waals surface area contributed by atoms with Crippen molar-refractivity contribution in [2.75, 3.05) is 19.5 Å². The molecule has 1 heterocycles. The third kappa shape index (κ3) is 2.19. The zero-order valence-electron chi connectivity index (χ0n) is 8.18. The number of nitrogens with one attached hydrogen (secondary N) is 1. The van der Waals surface area contributed by atoms with Crippen LogP contribution in [0, 0.1) is 10.1 Å². The highest BCUT2D eigenvalue weighted by Crippen LogP contribution is 2.22. The molecule has 1 rings (SSSR count). The molecule has 1 aromatic rings. The van der Waals surface area contributed by atoms with Crippen LogP contribution in [0.3, 0.4) is 0 Å². The number of nitro groups is 1. The molecule has 0 aliphatic carbocycles. The smallest absolute Gasteiger partial charge is 0.339 e. The number of ether oxygens (including phenoxy) is 1. The van der Waals surface area contributed by atoms with E-state index >= 15 is 0 Å². The summed E-state index contributed by atoms with van der Waals surface area (Å²) in [6, 6.07) is 1.12. The van der Waals surface area contributed by atoms with Gasteiger partial charge in [0.25, 0.3) is 0 Å². The van der Waals surface area contributed by atoms with Crippen LogP contribution in [0.15, 0.2) is 12.3 Å². The van der Waals surface area contributed by atoms with Gasteiger partial charge in [0, 0.05) is 19.3 Å². The van der Waals surface area contributed by atoms with Gasteiger partial charge in [0.2, 0.25) is 5.82 Å². The second kappa shape index (κ2) is 4.36. The maximum Gasteiger partial charge on any atom is 0.339 e. The fraction of sp³-hybridized carbons (Fsp3) is 0.250. The molecule has 0 amide bonds. The molecule has 0 saturated heterocycles. The Morgan fingerprint density at radius 1 is 1.67 bits per heavy atom. The lowest BCUT2D eigenvalue weighted by Crippen LogP contribution is -2.05. The third-order valence-corrected chi connectivity index (χ3v) is 1.72. The molecule has 0 aliphatic rings. The van der Waals surface area contributed by atoms with E-state index in [0.717, 1.165) is 6.07 Å². The van der Waals surface area contributed by atoms with Crippen molar-refractivity contribution < 1.29 is 14.5 Å². The number of rotatable bonds is 3. The molecule has 0 bridgehead atoms. The van der Waals surface area contributed by atoms with Crippen molar-refractivity contribution in [2.24, 2.45) is 0 Å².